The lowest BCUT2D eigenvalue weighted by Gasteiger charge is -2.25. The van der Waals surface area contributed by atoms with Gasteiger partial charge >= 0.3 is 0 Å². The Bertz CT molecular complexity index is 605. The fourth-order valence-electron chi connectivity index (χ4n) is 2.69. The van der Waals surface area contributed by atoms with Gasteiger partial charge in [-0.15, -0.1) is 10.2 Å². The summed E-state index contributed by atoms with van der Waals surface area (Å²) in [7, 11) is 0. The maximum atomic E-state index is 5.39. The number of nitrogens with zero attached hydrogens (tertiary/aromatic N) is 6. The lowest BCUT2D eigenvalue weighted by Crippen LogP contribution is -2.36. The summed E-state index contributed by atoms with van der Waals surface area (Å²) in [4.78, 5) is 9.16. The van der Waals surface area contributed by atoms with Gasteiger partial charge < -0.3 is 14.5 Å². The molecule has 2 aliphatic rings. The zero-order valence-corrected chi connectivity index (χ0v) is 12.0. The molecule has 2 saturated heterocycles. The molecule has 4 rings (SSSR count). The fraction of sp³-hybridized carbons (Fsp3) is 0.667. The van der Waals surface area contributed by atoms with Crippen molar-refractivity contribution in [2.75, 3.05) is 49.2 Å². The maximum Gasteiger partial charge on any atom is 0.200 e. The van der Waals surface area contributed by atoms with Crippen LogP contribution in [0.15, 0.2) is 0 Å². The van der Waals surface area contributed by atoms with Crippen LogP contribution < -0.4 is 9.80 Å². The first-order valence-corrected chi connectivity index (χ1v) is 7.81. The number of fused-ring (bicyclic) bond motifs is 1. The van der Waals surface area contributed by atoms with Crippen LogP contribution in [-0.4, -0.2) is 59.8 Å². The van der Waals surface area contributed by atoms with E-state index < -0.39 is 0 Å². The lowest BCUT2D eigenvalue weighted by atomic mass is 10.4. The molecule has 0 atom stereocenters. The Morgan fingerprint density at radius 2 is 1.75 bits per heavy atom. The van der Waals surface area contributed by atoms with E-state index in [1.54, 1.807) is 11.3 Å². The minimum atomic E-state index is 0.716. The zero-order valence-electron chi connectivity index (χ0n) is 11.2. The van der Waals surface area contributed by atoms with E-state index in [1.807, 2.05) is 0 Å². The SMILES string of the molecule is C1CCN(c2nnnc3nc(N4CCOCC4)sc23)C1. The second-order valence-corrected chi connectivity index (χ2v) is 6.03. The lowest BCUT2D eigenvalue weighted by molar-refractivity contribution is 0.122. The Morgan fingerprint density at radius 3 is 2.55 bits per heavy atom. The molecular formula is C12H16N6OS. The van der Waals surface area contributed by atoms with Crippen LogP contribution in [0.5, 0.6) is 0 Å². The minimum absolute atomic E-state index is 0.716. The summed E-state index contributed by atoms with van der Waals surface area (Å²) in [6, 6.07) is 0. The van der Waals surface area contributed by atoms with E-state index in [2.05, 4.69) is 30.2 Å². The first-order chi connectivity index (χ1) is 9.92. The Balaban J connectivity index is 1.72. The van der Waals surface area contributed by atoms with E-state index in [4.69, 9.17) is 4.74 Å². The summed E-state index contributed by atoms with van der Waals surface area (Å²) in [5, 5.41) is 13.2. The van der Waals surface area contributed by atoms with Crippen molar-refractivity contribution >= 4 is 32.6 Å². The largest absolute Gasteiger partial charge is 0.378 e. The van der Waals surface area contributed by atoms with Crippen molar-refractivity contribution in [1.82, 2.24) is 20.4 Å². The Morgan fingerprint density at radius 1 is 0.950 bits per heavy atom. The van der Waals surface area contributed by atoms with Gasteiger partial charge in [0.25, 0.3) is 0 Å². The summed E-state index contributed by atoms with van der Waals surface area (Å²) < 4.78 is 6.45. The van der Waals surface area contributed by atoms with Crippen molar-refractivity contribution in [1.29, 1.82) is 0 Å². The van der Waals surface area contributed by atoms with Gasteiger partial charge in [-0.1, -0.05) is 11.3 Å². The van der Waals surface area contributed by atoms with E-state index in [0.717, 1.165) is 55.0 Å². The molecule has 20 heavy (non-hydrogen) atoms. The maximum absolute atomic E-state index is 5.39. The number of ether oxygens (including phenoxy) is 1. The van der Waals surface area contributed by atoms with Gasteiger partial charge in [-0.3, -0.25) is 0 Å². The highest BCUT2D eigenvalue weighted by molar-refractivity contribution is 7.22. The monoisotopic (exact) mass is 292 g/mol. The molecule has 2 fully saturated rings. The van der Waals surface area contributed by atoms with Crippen LogP contribution in [-0.2, 0) is 4.74 Å². The van der Waals surface area contributed by atoms with Gasteiger partial charge in [-0.05, 0) is 18.1 Å². The molecule has 0 bridgehead atoms. The molecule has 0 saturated carbocycles. The summed E-state index contributed by atoms with van der Waals surface area (Å²) in [6.45, 7) is 5.41. The van der Waals surface area contributed by atoms with Crippen molar-refractivity contribution in [3.8, 4) is 0 Å². The van der Waals surface area contributed by atoms with Gasteiger partial charge in [-0.2, -0.15) is 4.98 Å². The predicted molar refractivity (Wildman–Crippen MR) is 77.5 cm³/mol. The van der Waals surface area contributed by atoms with E-state index in [9.17, 15) is 0 Å². The minimum Gasteiger partial charge on any atom is -0.378 e. The number of thiazole rings is 1. The van der Waals surface area contributed by atoms with Gasteiger partial charge in [0.05, 0.1) is 13.2 Å². The number of hydrogen-bond donors (Lipinski definition) is 0. The third-order valence-electron chi connectivity index (χ3n) is 3.77. The fourth-order valence-corrected chi connectivity index (χ4v) is 3.76. The summed E-state index contributed by atoms with van der Waals surface area (Å²) in [5.41, 5.74) is 0.716. The van der Waals surface area contributed by atoms with Crippen molar-refractivity contribution in [2.24, 2.45) is 0 Å². The normalized spacial score (nSPS) is 20.0. The summed E-state index contributed by atoms with van der Waals surface area (Å²) in [5.74, 6) is 0.949. The number of hydrogen-bond acceptors (Lipinski definition) is 8. The van der Waals surface area contributed by atoms with Crippen LogP contribution in [0, 0.1) is 0 Å². The average Bonchev–Trinajstić information content (AvgIpc) is 3.17. The topological polar surface area (TPSA) is 67.3 Å². The van der Waals surface area contributed by atoms with Crippen molar-refractivity contribution in [3.05, 3.63) is 0 Å². The van der Waals surface area contributed by atoms with Gasteiger partial charge in [0, 0.05) is 26.2 Å². The van der Waals surface area contributed by atoms with Gasteiger partial charge in [-0.25, -0.2) is 0 Å². The predicted octanol–water partition coefficient (Wildman–Crippen LogP) is 0.918. The summed E-state index contributed by atoms with van der Waals surface area (Å²) >= 11 is 1.67. The third kappa shape index (κ3) is 2.08. The molecule has 0 amide bonds. The zero-order chi connectivity index (χ0) is 13.4. The Labute approximate surface area is 120 Å². The number of morpholine rings is 1. The smallest absolute Gasteiger partial charge is 0.200 e. The first-order valence-electron chi connectivity index (χ1n) is 6.99. The van der Waals surface area contributed by atoms with Gasteiger partial charge in [0.15, 0.2) is 16.6 Å². The molecule has 7 nitrogen and oxygen atoms in total. The standard InChI is InChI=1S/C12H16N6OS/c1-2-4-17(3-1)11-9-10(14-16-15-11)13-12(20-9)18-5-7-19-8-6-18/h1-8H2. The second-order valence-electron chi connectivity index (χ2n) is 5.06. The van der Waals surface area contributed by atoms with Gasteiger partial charge in [0.1, 0.15) is 4.70 Å². The molecule has 2 aromatic heterocycles. The molecule has 0 aromatic carbocycles. The average molecular weight is 292 g/mol. The second kappa shape index (κ2) is 5.10. The molecule has 2 aromatic rings. The van der Waals surface area contributed by atoms with Crippen molar-refractivity contribution < 1.29 is 4.74 Å². The molecule has 0 aliphatic carbocycles. The molecule has 2 aliphatic heterocycles. The molecule has 0 unspecified atom stereocenters. The van der Waals surface area contributed by atoms with Crippen LogP contribution in [0.2, 0.25) is 0 Å². The van der Waals surface area contributed by atoms with Crippen molar-refractivity contribution in [2.45, 2.75) is 12.8 Å². The van der Waals surface area contributed by atoms with E-state index in [-0.39, 0.29) is 0 Å². The van der Waals surface area contributed by atoms with Gasteiger partial charge in [0.2, 0.25) is 0 Å². The van der Waals surface area contributed by atoms with E-state index in [0.29, 0.717) is 5.65 Å². The van der Waals surface area contributed by atoms with E-state index >= 15 is 0 Å². The molecule has 0 spiro atoms. The van der Waals surface area contributed by atoms with Crippen LogP contribution in [0.25, 0.3) is 10.3 Å². The van der Waals surface area contributed by atoms with Crippen LogP contribution >= 0.6 is 11.3 Å². The molecule has 4 heterocycles. The molecule has 0 N–H and O–H groups in total. The summed E-state index contributed by atoms with van der Waals surface area (Å²) in [6.07, 6.45) is 2.45. The molecule has 8 heteroatoms. The third-order valence-corrected chi connectivity index (χ3v) is 4.87. The Hall–Kier alpha value is -1.54. The highest BCUT2D eigenvalue weighted by Crippen LogP contribution is 2.34. The highest BCUT2D eigenvalue weighted by atomic mass is 32.1. The number of anilines is 2. The quantitative estimate of drug-likeness (QED) is 0.815. The van der Waals surface area contributed by atoms with Crippen LogP contribution in [0.1, 0.15) is 12.8 Å². The highest BCUT2D eigenvalue weighted by Gasteiger charge is 2.22. The molecule has 0 radical (unpaired) electrons. The van der Waals surface area contributed by atoms with Crippen LogP contribution in [0.3, 0.4) is 0 Å². The van der Waals surface area contributed by atoms with Crippen molar-refractivity contribution in [3.63, 3.8) is 0 Å². The van der Waals surface area contributed by atoms with Crippen LogP contribution in [0.4, 0.5) is 10.9 Å². The Kier molecular flexibility index (Phi) is 3.12. The number of aromatic nitrogens is 4. The molecule has 106 valence electrons. The first kappa shape index (κ1) is 12.2. The number of rotatable bonds is 2. The molecular weight excluding hydrogens is 276 g/mol. The van der Waals surface area contributed by atoms with E-state index in [1.165, 1.54) is 12.8 Å².